The molecule has 0 saturated carbocycles. The summed E-state index contributed by atoms with van der Waals surface area (Å²) >= 11 is 0. The summed E-state index contributed by atoms with van der Waals surface area (Å²) in [5.74, 6) is 1.07. The monoisotopic (exact) mass is 438 g/mol. The van der Waals surface area contributed by atoms with Crippen LogP contribution in [0.2, 0.25) is 0 Å². The zero-order chi connectivity index (χ0) is 22.1. The molecule has 2 aliphatic heterocycles. The molecule has 32 heavy (non-hydrogen) atoms. The molecule has 8 nitrogen and oxygen atoms in total. The zero-order valence-corrected chi connectivity index (χ0v) is 18.1. The standard InChI is InChI=1S/C23H27FN6O2/c1-32-23(31)18-5-3-9-29(18)21-11-17(10-15-4-2-8-25-12-15)27-22(28-21)19-13-26-20-7-6-16(24)14-30(19)20/h6-7,11,13-15,18,25H,2-5,8-10,12H2,1H3/t15-,18-/m0/s1. The number of piperidine rings is 1. The molecule has 2 aliphatic rings. The van der Waals surface area contributed by atoms with E-state index in [1.54, 1.807) is 16.7 Å². The predicted molar refractivity (Wildman–Crippen MR) is 118 cm³/mol. The average Bonchev–Trinajstić information content (AvgIpc) is 3.46. The summed E-state index contributed by atoms with van der Waals surface area (Å²) in [6, 6.07) is 4.65. The number of halogens is 1. The van der Waals surface area contributed by atoms with Gasteiger partial charge in [-0.05, 0) is 63.2 Å². The SMILES string of the molecule is COC(=O)[C@@H]1CCCN1c1cc(C[C@@H]2CCCNC2)nc(-c2cnc3ccc(F)cn23)n1. The van der Waals surface area contributed by atoms with Gasteiger partial charge < -0.3 is 15.0 Å². The topological polar surface area (TPSA) is 84.6 Å². The van der Waals surface area contributed by atoms with Crippen molar-refractivity contribution < 1.29 is 13.9 Å². The summed E-state index contributed by atoms with van der Waals surface area (Å²) < 4.78 is 20.6. The molecule has 5 heterocycles. The number of pyridine rings is 1. The molecule has 9 heteroatoms. The Bertz CT molecular complexity index is 1130. The molecule has 1 N–H and O–H groups in total. The molecule has 0 aromatic carbocycles. The lowest BCUT2D eigenvalue weighted by Gasteiger charge is -2.26. The van der Waals surface area contributed by atoms with E-state index in [-0.39, 0.29) is 17.8 Å². The average molecular weight is 439 g/mol. The summed E-state index contributed by atoms with van der Waals surface area (Å²) in [6.45, 7) is 2.74. The van der Waals surface area contributed by atoms with Gasteiger partial charge >= 0.3 is 5.97 Å². The van der Waals surface area contributed by atoms with Crippen LogP contribution in [-0.4, -0.2) is 58.1 Å². The molecule has 0 spiro atoms. The van der Waals surface area contributed by atoms with Gasteiger partial charge in [0.25, 0.3) is 0 Å². The van der Waals surface area contributed by atoms with E-state index in [1.165, 1.54) is 19.4 Å². The van der Waals surface area contributed by atoms with Crippen molar-refractivity contribution in [3.63, 3.8) is 0 Å². The van der Waals surface area contributed by atoms with Crippen LogP contribution in [0.5, 0.6) is 0 Å². The first kappa shape index (κ1) is 20.8. The largest absolute Gasteiger partial charge is 0.467 e. The Hall–Kier alpha value is -3.07. The number of aromatic nitrogens is 4. The lowest BCUT2D eigenvalue weighted by atomic mass is 9.94. The fourth-order valence-electron chi connectivity index (χ4n) is 4.79. The Morgan fingerprint density at radius 2 is 2.19 bits per heavy atom. The van der Waals surface area contributed by atoms with Crippen molar-refractivity contribution in [2.24, 2.45) is 5.92 Å². The van der Waals surface area contributed by atoms with E-state index in [2.05, 4.69) is 10.3 Å². The smallest absolute Gasteiger partial charge is 0.328 e. The summed E-state index contributed by atoms with van der Waals surface area (Å²) in [4.78, 5) is 28.4. The lowest BCUT2D eigenvalue weighted by Crippen LogP contribution is -2.37. The molecule has 3 aromatic rings. The maximum atomic E-state index is 13.9. The highest BCUT2D eigenvalue weighted by Gasteiger charge is 2.33. The van der Waals surface area contributed by atoms with Gasteiger partial charge in [-0.25, -0.2) is 24.1 Å². The van der Waals surface area contributed by atoms with Gasteiger partial charge in [-0.15, -0.1) is 0 Å². The third kappa shape index (κ3) is 4.04. The normalized spacial score (nSPS) is 21.2. The Balaban J connectivity index is 1.57. The minimum absolute atomic E-state index is 0.252. The van der Waals surface area contributed by atoms with Gasteiger partial charge in [0, 0.05) is 24.5 Å². The van der Waals surface area contributed by atoms with E-state index in [4.69, 9.17) is 14.7 Å². The fraction of sp³-hybridized carbons (Fsp3) is 0.478. The number of fused-ring (bicyclic) bond motifs is 1. The molecule has 0 amide bonds. The molecule has 0 bridgehead atoms. The van der Waals surface area contributed by atoms with Crippen molar-refractivity contribution >= 4 is 17.4 Å². The third-order valence-corrected chi connectivity index (χ3v) is 6.38. The van der Waals surface area contributed by atoms with Crippen LogP contribution in [0, 0.1) is 11.7 Å². The summed E-state index contributed by atoms with van der Waals surface area (Å²) in [5.41, 5.74) is 2.17. The number of esters is 1. The first-order valence-corrected chi connectivity index (χ1v) is 11.2. The number of imidazole rings is 1. The van der Waals surface area contributed by atoms with Gasteiger partial charge in [0.15, 0.2) is 5.82 Å². The fourth-order valence-corrected chi connectivity index (χ4v) is 4.79. The Morgan fingerprint density at radius 1 is 1.28 bits per heavy atom. The molecular formula is C23H27FN6O2. The highest BCUT2D eigenvalue weighted by molar-refractivity contribution is 5.80. The Labute approximate surface area is 185 Å². The second-order valence-corrected chi connectivity index (χ2v) is 8.55. The number of ether oxygens (including phenoxy) is 1. The maximum absolute atomic E-state index is 13.9. The second kappa shape index (κ2) is 8.82. The second-order valence-electron chi connectivity index (χ2n) is 8.55. The predicted octanol–water partition coefficient (Wildman–Crippen LogP) is 2.61. The van der Waals surface area contributed by atoms with Gasteiger partial charge in [0.2, 0.25) is 0 Å². The molecule has 5 rings (SSSR count). The first-order chi connectivity index (χ1) is 15.6. The molecule has 0 aliphatic carbocycles. The van der Waals surface area contributed by atoms with Gasteiger partial charge in [-0.2, -0.15) is 0 Å². The molecule has 3 aromatic heterocycles. The molecule has 2 saturated heterocycles. The van der Waals surface area contributed by atoms with E-state index in [1.807, 2.05) is 11.0 Å². The summed E-state index contributed by atoms with van der Waals surface area (Å²) in [6.07, 6.45) is 7.80. The number of hydrogen-bond acceptors (Lipinski definition) is 7. The van der Waals surface area contributed by atoms with Crippen LogP contribution in [0.1, 0.15) is 31.4 Å². The van der Waals surface area contributed by atoms with Gasteiger partial charge in [-0.3, -0.25) is 4.40 Å². The van der Waals surface area contributed by atoms with Crippen molar-refractivity contribution in [3.8, 4) is 11.5 Å². The Kier molecular flexibility index (Phi) is 5.73. The van der Waals surface area contributed by atoms with E-state index in [9.17, 15) is 9.18 Å². The zero-order valence-electron chi connectivity index (χ0n) is 18.1. The highest BCUT2D eigenvalue weighted by atomic mass is 19.1. The van der Waals surface area contributed by atoms with Crippen LogP contribution < -0.4 is 10.2 Å². The van der Waals surface area contributed by atoms with Crippen molar-refractivity contribution in [1.29, 1.82) is 0 Å². The maximum Gasteiger partial charge on any atom is 0.328 e. The van der Waals surface area contributed by atoms with E-state index in [0.29, 0.717) is 28.9 Å². The minimum atomic E-state index is -0.355. The van der Waals surface area contributed by atoms with Crippen LogP contribution in [0.25, 0.3) is 17.2 Å². The van der Waals surface area contributed by atoms with Crippen molar-refractivity contribution in [3.05, 3.63) is 42.1 Å². The van der Waals surface area contributed by atoms with Gasteiger partial charge in [0.1, 0.15) is 29.0 Å². The Morgan fingerprint density at radius 3 is 3.00 bits per heavy atom. The molecule has 168 valence electrons. The first-order valence-electron chi connectivity index (χ1n) is 11.2. The molecule has 2 fully saturated rings. The molecular weight excluding hydrogens is 411 g/mol. The minimum Gasteiger partial charge on any atom is -0.467 e. The lowest BCUT2D eigenvalue weighted by molar-refractivity contribution is -0.141. The van der Waals surface area contributed by atoms with Crippen molar-refractivity contribution in [2.75, 3.05) is 31.6 Å². The van der Waals surface area contributed by atoms with Crippen LogP contribution in [-0.2, 0) is 16.0 Å². The summed E-state index contributed by atoms with van der Waals surface area (Å²) in [7, 11) is 1.42. The highest BCUT2D eigenvalue weighted by Crippen LogP contribution is 2.29. The molecule has 0 unspecified atom stereocenters. The number of rotatable bonds is 5. The quantitative estimate of drug-likeness (QED) is 0.613. The van der Waals surface area contributed by atoms with Crippen molar-refractivity contribution in [1.82, 2.24) is 24.7 Å². The summed E-state index contributed by atoms with van der Waals surface area (Å²) in [5, 5.41) is 3.46. The van der Waals surface area contributed by atoms with Crippen molar-refractivity contribution in [2.45, 2.75) is 38.1 Å². The van der Waals surface area contributed by atoms with E-state index >= 15 is 0 Å². The van der Waals surface area contributed by atoms with Gasteiger partial charge in [-0.1, -0.05) is 0 Å². The van der Waals surface area contributed by atoms with Crippen LogP contribution in [0.3, 0.4) is 0 Å². The number of anilines is 1. The number of carbonyl (C=O) groups excluding carboxylic acids is 1. The van der Waals surface area contributed by atoms with Crippen LogP contribution in [0.4, 0.5) is 10.2 Å². The number of nitrogens with one attached hydrogen (secondary N) is 1. The van der Waals surface area contributed by atoms with E-state index in [0.717, 1.165) is 57.4 Å². The number of hydrogen-bond donors (Lipinski definition) is 1. The van der Waals surface area contributed by atoms with E-state index < -0.39 is 0 Å². The van der Waals surface area contributed by atoms with Gasteiger partial charge in [0.05, 0.1) is 13.3 Å². The third-order valence-electron chi connectivity index (χ3n) is 6.38. The van der Waals surface area contributed by atoms with Crippen LogP contribution >= 0.6 is 0 Å². The number of nitrogens with zero attached hydrogens (tertiary/aromatic N) is 5. The van der Waals surface area contributed by atoms with Crippen LogP contribution in [0.15, 0.2) is 30.6 Å². The molecule has 2 atom stereocenters. The number of carbonyl (C=O) groups is 1. The number of methoxy groups -OCH3 is 1. The molecule has 0 radical (unpaired) electrons.